The van der Waals surface area contributed by atoms with Crippen LogP contribution in [0.1, 0.15) is 24.2 Å². The molecule has 0 atom stereocenters. The molecule has 0 radical (unpaired) electrons. The van der Waals surface area contributed by atoms with Crippen molar-refractivity contribution in [1.29, 1.82) is 0 Å². The molecule has 0 saturated carbocycles. The van der Waals surface area contributed by atoms with Crippen LogP contribution in [0.25, 0.3) is 0 Å². The van der Waals surface area contributed by atoms with Crippen molar-refractivity contribution in [2.45, 2.75) is 13.8 Å². The molecule has 1 aromatic rings. The Bertz CT molecular complexity index is 458. The molecule has 0 aliphatic carbocycles. The number of hydrogen-bond donors (Lipinski definition) is 2. The number of para-hydroxylation sites is 1. The Balaban J connectivity index is 2.94. The molecule has 20 heavy (non-hydrogen) atoms. The zero-order chi connectivity index (χ0) is 15.3. The minimum Gasteiger partial charge on any atom is -0.504 e. The van der Waals surface area contributed by atoms with Gasteiger partial charge in [-0.1, -0.05) is 19.9 Å². The number of carbonyl (C=O) groups is 1. The third-order valence-electron chi connectivity index (χ3n) is 2.94. The van der Waals surface area contributed by atoms with Crippen LogP contribution in [0, 0.1) is 5.92 Å². The fourth-order valence-corrected chi connectivity index (χ4v) is 1.91. The lowest BCUT2D eigenvalue weighted by Crippen LogP contribution is -2.39. The maximum atomic E-state index is 12.5. The van der Waals surface area contributed by atoms with Gasteiger partial charge in [0.2, 0.25) is 0 Å². The molecule has 5 nitrogen and oxygen atoms in total. The van der Waals surface area contributed by atoms with E-state index in [4.69, 9.17) is 0 Å². The lowest BCUT2D eigenvalue weighted by Gasteiger charge is -2.26. The molecule has 0 fully saturated rings. The quantitative estimate of drug-likeness (QED) is 0.779. The van der Waals surface area contributed by atoms with Crippen LogP contribution in [0.15, 0.2) is 18.2 Å². The molecule has 0 aliphatic rings. The molecule has 0 saturated heterocycles. The third kappa shape index (κ3) is 4.42. The van der Waals surface area contributed by atoms with Gasteiger partial charge in [-0.15, -0.1) is 0 Å². The summed E-state index contributed by atoms with van der Waals surface area (Å²) in [6.07, 6.45) is 0. The molecule has 0 unspecified atom stereocenters. The third-order valence-corrected chi connectivity index (χ3v) is 2.94. The number of nitrogens with zero attached hydrogens (tertiary/aromatic N) is 2. The number of aromatic hydroxyl groups is 2. The van der Waals surface area contributed by atoms with Crippen LogP contribution in [0.2, 0.25) is 0 Å². The number of rotatable bonds is 6. The maximum Gasteiger partial charge on any atom is 0.257 e. The van der Waals surface area contributed by atoms with E-state index in [0.717, 1.165) is 6.54 Å². The highest BCUT2D eigenvalue weighted by Crippen LogP contribution is 2.29. The van der Waals surface area contributed by atoms with E-state index in [0.29, 0.717) is 19.0 Å². The van der Waals surface area contributed by atoms with Crippen LogP contribution in [0.3, 0.4) is 0 Å². The van der Waals surface area contributed by atoms with Gasteiger partial charge in [-0.05, 0) is 32.1 Å². The van der Waals surface area contributed by atoms with E-state index < -0.39 is 0 Å². The minimum atomic E-state index is -0.351. The van der Waals surface area contributed by atoms with E-state index in [9.17, 15) is 15.0 Å². The lowest BCUT2D eigenvalue weighted by molar-refractivity contribution is 0.0721. The Morgan fingerprint density at radius 3 is 2.40 bits per heavy atom. The molecule has 2 N–H and O–H groups in total. The Morgan fingerprint density at radius 1 is 1.20 bits per heavy atom. The van der Waals surface area contributed by atoms with Gasteiger partial charge in [0.15, 0.2) is 11.5 Å². The van der Waals surface area contributed by atoms with Crippen LogP contribution >= 0.6 is 0 Å². The number of likely N-dealkylation sites (N-methyl/N-ethyl adjacent to an activating group) is 1. The molecule has 0 spiro atoms. The van der Waals surface area contributed by atoms with Crippen molar-refractivity contribution in [3.05, 3.63) is 23.8 Å². The number of phenolic OH excluding ortho intramolecular Hbond substituents is 2. The van der Waals surface area contributed by atoms with Crippen molar-refractivity contribution < 1.29 is 15.0 Å². The second kappa shape index (κ2) is 7.14. The van der Waals surface area contributed by atoms with Gasteiger partial charge in [0.25, 0.3) is 5.91 Å². The SMILES string of the molecule is CC(C)CN(CCN(C)C)C(=O)c1cccc(O)c1O. The number of amides is 1. The second-order valence-electron chi connectivity index (χ2n) is 5.62. The van der Waals surface area contributed by atoms with E-state index in [1.165, 1.54) is 12.1 Å². The van der Waals surface area contributed by atoms with Gasteiger partial charge >= 0.3 is 0 Å². The predicted octanol–water partition coefficient (Wildman–Crippen LogP) is 1.76. The number of phenols is 2. The number of hydrogen-bond acceptors (Lipinski definition) is 4. The topological polar surface area (TPSA) is 64.0 Å². The average molecular weight is 280 g/mol. The first-order valence-electron chi connectivity index (χ1n) is 6.78. The van der Waals surface area contributed by atoms with Crippen molar-refractivity contribution in [1.82, 2.24) is 9.80 Å². The van der Waals surface area contributed by atoms with Crippen molar-refractivity contribution in [2.75, 3.05) is 33.7 Å². The van der Waals surface area contributed by atoms with Crippen LogP contribution in [0.4, 0.5) is 0 Å². The van der Waals surface area contributed by atoms with E-state index in [1.807, 2.05) is 32.8 Å². The van der Waals surface area contributed by atoms with Crippen molar-refractivity contribution in [2.24, 2.45) is 5.92 Å². The first kappa shape index (κ1) is 16.3. The molecule has 1 aromatic carbocycles. The Kier molecular flexibility index (Phi) is 5.82. The summed E-state index contributed by atoms with van der Waals surface area (Å²) in [6, 6.07) is 4.45. The van der Waals surface area contributed by atoms with Gasteiger partial charge in [0.1, 0.15) is 0 Å². The standard InChI is InChI=1S/C15H24N2O3/c1-11(2)10-17(9-8-16(3)4)15(20)12-6-5-7-13(18)14(12)19/h5-7,11,18-19H,8-10H2,1-4H3. The molecule has 0 aromatic heterocycles. The van der Waals surface area contributed by atoms with Crippen LogP contribution in [-0.2, 0) is 0 Å². The molecular formula is C15H24N2O3. The fourth-order valence-electron chi connectivity index (χ4n) is 1.91. The summed E-state index contributed by atoms with van der Waals surface area (Å²) in [5, 5.41) is 19.3. The second-order valence-corrected chi connectivity index (χ2v) is 5.62. The summed E-state index contributed by atoms with van der Waals surface area (Å²) in [4.78, 5) is 16.2. The van der Waals surface area contributed by atoms with Crippen molar-refractivity contribution in [3.63, 3.8) is 0 Å². The Morgan fingerprint density at radius 2 is 1.85 bits per heavy atom. The van der Waals surface area contributed by atoms with E-state index in [-0.39, 0.29) is 23.0 Å². The van der Waals surface area contributed by atoms with E-state index >= 15 is 0 Å². The van der Waals surface area contributed by atoms with Gasteiger partial charge < -0.3 is 20.0 Å². The highest BCUT2D eigenvalue weighted by Gasteiger charge is 2.21. The maximum absolute atomic E-state index is 12.5. The van der Waals surface area contributed by atoms with Gasteiger partial charge in [0.05, 0.1) is 5.56 Å². The van der Waals surface area contributed by atoms with Crippen molar-refractivity contribution >= 4 is 5.91 Å². The molecule has 112 valence electrons. The summed E-state index contributed by atoms with van der Waals surface area (Å²) >= 11 is 0. The monoisotopic (exact) mass is 280 g/mol. The smallest absolute Gasteiger partial charge is 0.257 e. The van der Waals surface area contributed by atoms with Crippen LogP contribution in [-0.4, -0.2) is 59.6 Å². The average Bonchev–Trinajstić information content (AvgIpc) is 2.36. The molecule has 1 amide bonds. The first-order valence-corrected chi connectivity index (χ1v) is 6.78. The number of benzene rings is 1. The lowest BCUT2D eigenvalue weighted by atomic mass is 10.1. The van der Waals surface area contributed by atoms with E-state index in [1.54, 1.807) is 11.0 Å². The van der Waals surface area contributed by atoms with Crippen LogP contribution in [0.5, 0.6) is 11.5 Å². The Hall–Kier alpha value is -1.75. The highest BCUT2D eigenvalue weighted by atomic mass is 16.3. The summed E-state index contributed by atoms with van der Waals surface area (Å²) < 4.78 is 0. The fraction of sp³-hybridized carbons (Fsp3) is 0.533. The zero-order valence-electron chi connectivity index (χ0n) is 12.6. The van der Waals surface area contributed by atoms with Gasteiger partial charge in [-0.3, -0.25) is 4.79 Å². The zero-order valence-corrected chi connectivity index (χ0v) is 12.6. The summed E-state index contributed by atoms with van der Waals surface area (Å²) in [5.41, 5.74) is 0.143. The minimum absolute atomic E-state index is 0.143. The molecular weight excluding hydrogens is 256 g/mol. The van der Waals surface area contributed by atoms with Gasteiger partial charge in [-0.25, -0.2) is 0 Å². The highest BCUT2D eigenvalue weighted by molar-refractivity contribution is 5.97. The molecule has 0 aliphatic heterocycles. The molecule has 0 bridgehead atoms. The molecule has 5 heteroatoms. The summed E-state index contributed by atoms with van der Waals surface area (Å²) in [5.74, 6) is -0.543. The number of carbonyl (C=O) groups excluding carboxylic acids is 1. The molecule has 0 heterocycles. The Labute approximate surface area is 120 Å². The van der Waals surface area contributed by atoms with Gasteiger partial charge in [-0.2, -0.15) is 0 Å². The first-order chi connectivity index (χ1) is 9.32. The van der Waals surface area contributed by atoms with Gasteiger partial charge in [0, 0.05) is 19.6 Å². The summed E-state index contributed by atoms with van der Waals surface area (Å²) in [6.45, 7) is 6.02. The normalized spacial score (nSPS) is 11.1. The van der Waals surface area contributed by atoms with Crippen molar-refractivity contribution in [3.8, 4) is 11.5 Å². The van der Waals surface area contributed by atoms with E-state index in [2.05, 4.69) is 0 Å². The predicted molar refractivity (Wildman–Crippen MR) is 79.1 cm³/mol. The van der Waals surface area contributed by atoms with Crippen LogP contribution < -0.4 is 0 Å². The largest absolute Gasteiger partial charge is 0.504 e. The summed E-state index contributed by atoms with van der Waals surface area (Å²) in [7, 11) is 3.90. The molecule has 1 rings (SSSR count).